The Bertz CT molecular complexity index is 209. The van der Waals surface area contributed by atoms with Crippen molar-refractivity contribution < 1.29 is 0 Å². The molecule has 1 radical (unpaired) electrons. The summed E-state index contributed by atoms with van der Waals surface area (Å²) in [5.74, 6) is 0. The maximum absolute atomic E-state index is 3.84. The van der Waals surface area contributed by atoms with Crippen LogP contribution in [0.1, 0.15) is 19.4 Å². The third-order valence-corrected chi connectivity index (χ3v) is 1.45. The van der Waals surface area contributed by atoms with E-state index in [0.717, 1.165) is 6.42 Å². The first-order valence-corrected chi connectivity index (χ1v) is 3.30. The van der Waals surface area contributed by atoms with Gasteiger partial charge >= 0.3 is 0 Å². The van der Waals surface area contributed by atoms with Crippen LogP contribution in [0.5, 0.6) is 0 Å². The van der Waals surface area contributed by atoms with E-state index in [2.05, 4.69) is 23.2 Å². The highest BCUT2D eigenvalue weighted by atomic mass is 15.1. The van der Waals surface area contributed by atoms with E-state index in [1.807, 2.05) is 19.3 Å². The van der Waals surface area contributed by atoms with Crippen molar-refractivity contribution in [2.75, 3.05) is 0 Å². The van der Waals surface area contributed by atoms with Gasteiger partial charge in [0.05, 0.1) is 6.20 Å². The summed E-state index contributed by atoms with van der Waals surface area (Å²) in [5.41, 5.74) is 2.47. The van der Waals surface area contributed by atoms with Crippen LogP contribution in [-0.2, 0) is 6.42 Å². The number of allylic oxidation sites excluding steroid dienone is 2. The van der Waals surface area contributed by atoms with Gasteiger partial charge in [-0.3, -0.25) is 5.10 Å². The van der Waals surface area contributed by atoms with Crippen LogP contribution in [0.3, 0.4) is 0 Å². The van der Waals surface area contributed by atoms with Gasteiger partial charge in [0, 0.05) is 6.20 Å². The van der Waals surface area contributed by atoms with Crippen molar-refractivity contribution in [3.63, 3.8) is 0 Å². The fraction of sp³-hybridized carbons (Fsp3) is 0.375. The van der Waals surface area contributed by atoms with Crippen molar-refractivity contribution in [2.24, 2.45) is 0 Å². The third kappa shape index (κ3) is 1.72. The molecule has 1 aromatic rings. The number of hydrogen-bond acceptors (Lipinski definition) is 1. The zero-order chi connectivity index (χ0) is 7.40. The third-order valence-electron chi connectivity index (χ3n) is 1.45. The maximum Gasteiger partial charge on any atom is 0.0522 e. The molecule has 0 amide bonds. The Labute approximate surface area is 61.0 Å². The Morgan fingerprint density at radius 1 is 1.80 bits per heavy atom. The first kappa shape index (κ1) is 7.06. The number of aromatic amines is 1. The SMILES string of the molecule is C/[C]=C(\C)Cc1cn[nH]c1. The summed E-state index contributed by atoms with van der Waals surface area (Å²) in [5, 5.41) is 6.61. The highest BCUT2D eigenvalue weighted by Gasteiger charge is 1.92. The summed E-state index contributed by atoms with van der Waals surface area (Å²) in [6.07, 6.45) is 7.77. The van der Waals surface area contributed by atoms with Crippen molar-refractivity contribution in [2.45, 2.75) is 20.3 Å². The van der Waals surface area contributed by atoms with Gasteiger partial charge < -0.3 is 0 Å². The second-order valence-electron chi connectivity index (χ2n) is 2.31. The molecule has 0 aliphatic heterocycles. The van der Waals surface area contributed by atoms with Crippen LogP contribution in [-0.4, -0.2) is 10.2 Å². The van der Waals surface area contributed by atoms with Crippen molar-refractivity contribution >= 4 is 0 Å². The molecule has 0 bridgehead atoms. The van der Waals surface area contributed by atoms with Crippen LogP contribution in [0.4, 0.5) is 0 Å². The monoisotopic (exact) mass is 135 g/mol. The smallest absolute Gasteiger partial charge is 0.0522 e. The average molecular weight is 135 g/mol. The van der Waals surface area contributed by atoms with E-state index in [1.165, 1.54) is 11.1 Å². The normalized spacial score (nSPS) is 12.0. The van der Waals surface area contributed by atoms with Gasteiger partial charge in [0.1, 0.15) is 0 Å². The van der Waals surface area contributed by atoms with E-state index in [9.17, 15) is 0 Å². The molecule has 53 valence electrons. The van der Waals surface area contributed by atoms with Gasteiger partial charge in [0.15, 0.2) is 0 Å². The number of hydrogen-bond donors (Lipinski definition) is 1. The molecule has 1 aromatic heterocycles. The lowest BCUT2D eigenvalue weighted by atomic mass is 10.1. The standard InChI is InChI=1S/C8H11N2/c1-3-7(2)4-8-5-9-10-6-8/h5-6H,4H2,1-2H3,(H,9,10). The first-order chi connectivity index (χ1) is 4.83. The molecule has 0 saturated heterocycles. The first-order valence-electron chi connectivity index (χ1n) is 3.30. The van der Waals surface area contributed by atoms with E-state index < -0.39 is 0 Å². The predicted molar refractivity (Wildman–Crippen MR) is 40.4 cm³/mol. The largest absolute Gasteiger partial charge is 0.285 e. The van der Waals surface area contributed by atoms with Gasteiger partial charge in [0.25, 0.3) is 0 Å². The highest BCUT2D eigenvalue weighted by molar-refractivity contribution is 5.11. The summed E-state index contributed by atoms with van der Waals surface area (Å²) < 4.78 is 0. The molecule has 1 rings (SSSR count). The van der Waals surface area contributed by atoms with Crippen LogP contribution >= 0.6 is 0 Å². The van der Waals surface area contributed by atoms with Gasteiger partial charge in [-0.2, -0.15) is 5.10 Å². The number of nitrogens with zero attached hydrogens (tertiary/aromatic N) is 1. The summed E-state index contributed by atoms with van der Waals surface area (Å²) in [6, 6.07) is 0. The molecule has 0 aliphatic carbocycles. The van der Waals surface area contributed by atoms with Crippen molar-refractivity contribution in [3.8, 4) is 0 Å². The van der Waals surface area contributed by atoms with E-state index in [4.69, 9.17) is 0 Å². The molecule has 0 atom stereocenters. The minimum absolute atomic E-state index is 0.951. The van der Waals surface area contributed by atoms with E-state index in [1.54, 1.807) is 0 Å². The summed E-state index contributed by atoms with van der Waals surface area (Å²) in [6.45, 7) is 3.99. The van der Waals surface area contributed by atoms with Gasteiger partial charge in [-0.05, 0) is 31.9 Å². The van der Waals surface area contributed by atoms with Crippen molar-refractivity contribution in [1.82, 2.24) is 10.2 Å². The predicted octanol–water partition coefficient (Wildman–Crippen LogP) is 1.72. The average Bonchev–Trinajstić information content (AvgIpc) is 2.40. The quantitative estimate of drug-likeness (QED) is 0.657. The lowest BCUT2D eigenvalue weighted by molar-refractivity contribution is 1.09. The van der Waals surface area contributed by atoms with Crippen LogP contribution in [0.15, 0.2) is 18.0 Å². The van der Waals surface area contributed by atoms with Crippen LogP contribution < -0.4 is 0 Å². The molecule has 0 fully saturated rings. The lowest BCUT2D eigenvalue weighted by Gasteiger charge is -1.93. The Hall–Kier alpha value is -1.05. The van der Waals surface area contributed by atoms with Crippen LogP contribution in [0.25, 0.3) is 0 Å². The van der Waals surface area contributed by atoms with Crippen molar-refractivity contribution in [1.29, 1.82) is 0 Å². The summed E-state index contributed by atoms with van der Waals surface area (Å²) >= 11 is 0. The van der Waals surface area contributed by atoms with Gasteiger partial charge in [-0.1, -0.05) is 5.57 Å². The molecule has 0 spiro atoms. The Morgan fingerprint density at radius 2 is 2.60 bits per heavy atom. The number of nitrogens with one attached hydrogen (secondary N) is 1. The Morgan fingerprint density at radius 3 is 3.10 bits per heavy atom. The molecule has 0 aliphatic rings. The Balaban J connectivity index is 2.56. The molecule has 0 aromatic carbocycles. The topological polar surface area (TPSA) is 28.7 Å². The van der Waals surface area contributed by atoms with E-state index >= 15 is 0 Å². The molecular formula is C8H11N2. The number of H-pyrrole nitrogens is 1. The number of aromatic nitrogens is 2. The fourth-order valence-electron chi connectivity index (χ4n) is 0.769. The molecule has 1 N–H and O–H groups in total. The lowest BCUT2D eigenvalue weighted by Crippen LogP contribution is -1.82. The molecular weight excluding hydrogens is 124 g/mol. The molecule has 0 saturated carbocycles. The second kappa shape index (κ2) is 3.20. The maximum atomic E-state index is 3.84. The second-order valence-corrected chi connectivity index (χ2v) is 2.31. The molecule has 2 heteroatoms. The minimum atomic E-state index is 0.951. The van der Waals surface area contributed by atoms with Gasteiger partial charge in [0.2, 0.25) is 0 Å². The van der Waals surface area contributed by atoms with E-state index in [-0.39, 0.29) is 0 Å². The minimum Gasteiger partial charge on any atom is -0.285 e. The molecule has 0 unspecified atom stereocenters. The van der Waals surface area contributed by atoms with Gasteiger partial charge in [-0.25, -0.2) is 0 Å². The Kier molecular flexibility index (Phi) is 2.26. The van der Waals surface area contributed by atoms with E-state index in [0.29, 0.717) is 0 Å². The fourth-order valence-corrected chi connectivity index (χ4v) is 0.769. The molecule has 10 heavy (non-hydrogen) atoms. The molecule has 2 nitrogen and oxygen atoms in total. The van der Waals surface area contributed by atoms with Crippen LogP contribution in [0.2, 0.25) is 0 Å². The number of rotatable bonds is 2. The van der Waals surface area contributed by atoms with Crippen LogP contribution in [0, 0.1) is 6.08 Å². The zero-order valence-electron chi connectivity index (χ0n) is 6.31. The zero-order valence-corrected chi connectivity index (χ0v) is 6.31. The molecule has 1 heterocycles. The highest BCUT2D eigenvalue weighted by Crippen LogP contribution is 2.03. The van der Waals surface area contributed by atoms with Crippen molar-refractivity contribution in [3.05, 3.63) is 29.6 Å². The summed E-state index contributed by atoms with van der Waals surface area (Å²) in [4.78, 5) is 0. The summed E-state index contributed by atoms with van der Waals surface area (Å²) in [7, 11) is 0. The van der Waals surface area contributed by atoms with Gasteiger partial charge in [-0.15, -0.1) is 0 Å².